The molecule has 0 aromatic rings. The number of likely N-dealkylation sites (tertiary alicyclic amines) is 1. The standard InChI is InChI=1S/C16H34N4.HI/c1-12(2)14(5)19-16(17-6)18-10-15-8-7-9-20(11-15)13(3)4;/h12-15H,7-11H2,1-6H3,(H2,17,18,19);1H. The van der Waals surface area contributed by atoms with Crippen molar-refractivity contribution in [3.63, 3.8) is 0 Å². The number of hydrogen-bond donors (Lipinski definition) is 2. The Labute approximate surface area is 148 Å². The summed E-state index contributed by atoms with van der Waals surface area (Å²) in [6.45, 7) is 14.7. The van der Waals surface area contributed by atoms with E-state index in [0.717, 1.165) is 18.4 Å². The predicted molar refractivity (Wildman–Crippen MR) is 104 cm³/mol. The Kier molecular flexibility index (Phi) is 10.6. The van der Waals surface area contributed by atoms with Gasteiger partial charge in [0.05, 0.1) is 0 Å². The number of aliphatic imine (C=N–C) groups is 1. The molecule has 5 heteroatoms. The van der Waals surface area contributed by atoms with E-state index < -0.39 is 0 Å². The first-order chi connectivity index (χ1) is 9.43. The Bertz CT molecular complexity index is 305. The summed E-state index contributed by atoms with van der Waals surface area (Å²) in [5, 5.41) is 6.96. The summed E-state index contributed by atoms with van der Waals surface area (Å²) in [7, 11) is 1.85. The summed E-state index contributed by atoms with van der Waals surface area (Å²) >= 11 is 0. The van der Waals surface area contributed by atoms with Crippen molar-refractivity contribution in [3.05, 3.63) is 0 Å². The fourth-order valence-electron chi connectivity index (χ4n) is 2.55. The quantitative estimate of drug-likeness (QED) is 0.416. The molecule has 0 aromatic carbocycles. The highest BCUT2D eigenvalue weighted by molar-refractivity contribution is 14.0. The zero-order chi connectivity index (χ0) is 15.1. The third-order valence-electron chi connectivity index (χ3n) is 4.43. The van der Waals surface area contributed by atoms with Crippen molar-refractivity contribution >= 4 is 29.9 Å². The molecule has 4 nitrogen and oxygen atoms in total. The van der Waals surface area contributed by atoms with E-state index in [-0.39, 0.29) is 24.0 Å². The van der Waals surface area contributed by atoms with E-state index in [1.165, 1.54) is 25.9 Å². The molecule has 126 valence electrons. The number of guanidine groups is 1. The average molecular weight is 410 g/mol. The van der Waals surface area contributed by atoms with Crippen molar-refractivity contribution in [3.8, 4) is 0 Å². The molecule has 0 radical (unpaired) electrons. The maximum Gasteiger partial charge on any atom is 0.191 e. The monoisotopic (exact) mass is 410 g/mol. The summed E-state index contributed by atoms with van der Waals surface area (Å²) in [6.07, 6.45) is 2.64. The van der Waals surface area contributed by atoms with Crippen molar-refractivity contribution in [2.45, 2.75) is 59.5 Å². The fourth-order valence-corrected chi connectivity index (χ4v) is 2.55. The van der Waals surface area contributed by atoms with Gasteiger partial charge in [-0.1, -0.05) is 13.8 Å². The minimum Gasteiger partial charge on any atom is -0.356 e. The molecule has 0 bridgehead atoms. The zero-order valence-corrected chi connectivity index (χ0v) is 17.0. The molecule has 1 heterocycles. The van der Waals surface area contributed by atoms with E-state index in [9.17, 15) is 0 Å². The molecule has 2 atom stereocenters. The van der Waals surface area contributed by atoms with Gasteiger partial charge < -0.3 is 15.5 Å². The molecule has 21 heavy (non-hydrogen) atoms. The van der Waals surface area contributed by atoms with E-state index in [1.807, 2.05) is 7.05 Å². The first-order valence-electron chi connectivity index (χ1n) is 8.15. The predicted octanol–water partition coefficient (Wildman–Crippen LogP) is 2.93. The number of piperidine rings is 1. The van der Waals surface area contributed by atoms with E-state index in [0.29, 0.717) is 18.0 Å². The van der Waals surface area contributed by atoms with Gasteiger partial charge >= 0.3 is 0 Å². The van der Waals surface area contributed by atoms with Crippen molar-refractivity contribution in [2.24, 2.45) is 16.8 Å². The third kappa shape index (κ3) is 7.68. The first kappa shape index (κ1) is 21.0. The molecule has 1 saturated heterocycles. The van der Waals surface area contributed by atoms with Crippen LogP contribution in [0, 0.1) is 11.8 Å². The molecule has 0 saturated carbocycles. The number of hydrogen-bond acceptors (Lipinski definition) is 2. The Morgan fingerprint density at radius 3 is 2.43 bits per heavy atom. The number of nitrogens with one attached hydrogen (secondary N) is 2. The Morgan fingerprint density at radius 1 is 1.24 bits per heavy atom. The molecule has 2 unspecified atom stereocenters. The summed E-state index contributed by atoms with van der Waals surface area (Å²) < 4.78 is 0. The van der Waals surface area contributed by atoms with Crippen molar-refractivity contribution in [1.29, 1.82) is 0 Å². The maximum atomic E-state index is 4.33. The lowest BCUT2D eigenvalue weighted by atomic mass is 9.97. The average Bonchev–Trinajstić information content (AvgIpc) is 2.43. The van der Waals surface area contributed by atoms with Crippen LogP contribution >= 0.6 is 24.0 Å². The van der Waals surface area contributed by atoms with Crippen LogP contribution in [0.1, 0.15) is 47.5 Å². The zero-order valence-electron chi connectivity index (χ0n) is 14.6. The second-order valence-corrected chi connectivity index (χ2v) is 6.73. The minimum absolute atomic E-state index is 0. The molecule has 2 N–H and O–H groups in total. The fraction of sp³-hybridized carbons (Fsp3) is 0.938. The molecule has 0 amide bonds. The van der Waals surface area contributed by atoms with Crippen LogP contribution in [0.5, 0.6) is 0 Å². The molecule has 1 fully saturated rings. The number of rotatable bonds is 5. The lowest BCUT2D eigenvalue weighted by molar-refractivity contribution is 0.141. The minimum atomic E-state index is 0. The van der Waals surface area contributed by atoms with Crippen LogP contribution in [-0.4, -0.2) is 49.6 Å². The highest BCUT2D eigenvalue weighted by Gasteiger charge is 2.21. The van der Waals surface area contributed by atoms with Crippen molar-refractivity contribution in [2.75, 3.05) is 26.7 Å². The van der Waals surface area contributed by atoms with Gasteiger partial charge in [-0.2, -0.15) is 0 Å². The lowest BCUT2D eigenvalue weighted by Crippen LogP contribution is -2.48. The Hall–Kier alpha value is -0.0400. The SMILES string of the molecule is CN=C(NCC1CCCN(C(C)C)C1)NC(C)C(C)C.I. The van der Waals surface area contributed by atoms with Gasteiger partial charge in [0, 0.05) is 32.2 Å². The van der Waals surface area contributed by atoms with Crippen molar-refractivity contribution < 1.29 is 0 Å². The van der Waals surface area contributed by atoms with Gasteiger partial charge in [-0.25, -0.2) is 0 Å². The maximum absolute atomic E-state index is 4.33. The van der Waals surface area contributed by atoms with Gasteiger partial charge in [-0.05, 0) is 52.0 Å². The number of nitrogens with zero attached hydrogens (tertiary/aromatic N) is 2. The van der Waals surface area contributed by atoms with Crippen LogP contribution in [0.15, 0.2) is 4.99 Å². The van der Waals surface area contributed by atoms with Gasteiger partial charge in [-0.15, -0.1) is 24.0 Å². The third-order valence-corrected chi connectivity index (χ3v) is 4.43. The van der Waals surface area contributed by atoms with Crippen LogP contribution in [-0.2, 0) is 0 Å². The Morgan fingerprint density at radius 2 is 1.90 bits per heavy atom. The van der Waals surface area contributed by atoms with Crippen LogP contribution in [0.25, 0.3) is 0 Å². The summed E-state index contributed by atoms with van der Waals surface area (Å²) in [4.78, 5) is 6.92. The molecule has 1 aliphatic rings. The number of halogens is 1. The molecular formula is C16H35IN4. The largest absolute Gasteiger partial charge is 0.356 e. The summed E-state index contributed by atoms with van der Waals surface area (Å²) in [5.41, 5.74) is 0. The second kappa shape index (κ2) is 10.6. The second-order valence-electron chi connectivity index (χ2n) is 6.73. The highest BCUT2D eigenvalue weighted by atomic mass is 127. The van der Waals surface area contributed by atoms with Gasteiger partial charge in [0.1, 0.15) is 0 Å². The molecule has 1 rings (SSSR count). The van der Waals surface area contributed by atoms with Gasteiger partial charge in [-0.3, -0.25) is 4.99 Å². The van der Waals surface area contributed by atoms with Crippen molar-refractivity contribution in [1.82, 2.24) is 15.5 Å². The van der Waals surface area contributed by atoms with E-state index in [4.69, 9.17) is 0 Å². The van der Waals surface area contributed by atoms with E-state index in [1.54, 1.807) is 0 Å². The molecule has 0 spiro atoms. The molecule has 0 aliphatic carbocycles. The van der Waals surface area contributed by atoms with Crippen LogP contribution in [0.3, 0.4) is 0 Å². The van der Waals surface area contributed by atoms with Crippen LogP contribution < -0.4 is 10.6 Å². The summed E-state index contributed by atoms with van der Waals surface area (Å²) in [6, 6.07) is 1.11. The molecule has 1 aliphatic heterocycles. The normalized spacial score (nSPS) is 22.1. The molecule has 0 aromatic heterocycles. The molecular weight excluding hydrogens is 375 g/mol. The van der Waals surface area contributed by atoms with Crippen LogP contribution in [0.4, 0.5) is 0 Å². The lowest BCUT2D eigenvalue weighted by Gasteiger charge is -2.35. The first-order valence-corrected chi connectivity index (χ1v) is 8.15. The Balaban J connectivity index is 0.00000400. The van der Waals surface area contributed by atoms with Gasteiger partial charge in [0.2, 0.25) is 0 Å². The van der Waals surface area contributed by atoms with Crippen LogP contribution in [0.2, 0.25) is 0 Å². The van der Waals surface area contributed by atoms with Gasteiger partial charge in [0.25, 0.3) is 0 Å². The van der Waals surface area contributed by atoms with Gasteiger partial charge in [0.15, 0.2) is 5.96 Å². The summed E-state index contributed by atoms with van der Waals surface area (Å²) in [5.74, 6) is 2.28. The topological polar surface area (TPSA) is 39.7 Å². The smallest absolute Gasteiger partial charge is 0.191 e. The van der Waals surface area contributed by atoms with E-state index in [2.05, 4.69) is 55.1 Å². The van der Waals surface area contributed by atoms with E-state index >= 15 is 0 Å². The highest BCUT2D eigenvalue weighted by Crippen LogP contribution is 2.17.